The summed E-state index contributed by atoms with van der Waals surface area (Å²) >= 11 is 0. The summed E-state index contributed by atoms with van der Waals surface area (Å²) in [6, 6.07) is 13.2. The Morgan fingerprint density at radius 2 is 1.82 bits per heavy atom. The van der Waals surface area contributed by atoms with Gasteiger partial charge in [0.25, 0.3) is 11.8 Å². The first-order valence-corrected chi connectivity index (χ1v) is 12.8. The number of anilines is 1. The molecule has 2 amide bonds. The third-order valence-electron chi connectivity index (χ3n) is 6.57. The number of nitrogens with zero attached hydrogens (tertiary/aromatic N) is 5. The maximum Gasteiger partial charge on any atom is 0.315 e. The Bertz CT molecular complexity index is 1270. The summed E-state index contributed by atoms with van der Waals surface area (Å²) in [5.74, 6) is -1.11. The largest absolute Gasteiger partial charge is 0.353 e. The minimum absolute atomic E-state index is 0.0378. The molecule has 10 nitrogen and oxygen atoms in total. The molecular formula is C27H33F2N7O3. The predicted octanol–water partition coefficient (Wildman–Crippen LogP) is 2.90. The van der Waals surface area contributed by atoms with Crippen molar-refractivity contribution in [3.63, 3.8) is 0 Å². The number of halogens is 2. The number of fused-ring (bicyclic) bond motifs is 1. The third-order valence-corrected chi connectivity index (χ3v) is 6.57. The Kier molecular flexibility index (Phi) is 9.20. The van der Waals surface area contributed by atoms with Gasteiger partial charge < -0.3 is 20.1 Å². The number of rotatable bonds is 12. The number of hydrogen-bond acceptors (Lipinski definition) is 8. The summed E-state index contributed by atoms with van der Waals surface area (Å²) in [5.41, 5.74) is 4.22. The number of hydrogen-bond donors (Lipinski definition) is 2. The molecule has 0 saturated carbocycles. The Morgan fingerprint density at radius 3 is 2.44 bits per heavy atom. The van der Waals surface area contributed by atoms with Crippen LogP contribution in [-0.4, -0.2) is 71.7 Å². The maximum absolute atomic E-state index is 13.4. The van der Waals surface area contributed by atoms with Crippen LogP contribution in [0.2, 0.25) is 0 Å². The van der Waals surface area contributed by atoms with Crippen LogP contribution in [0.5, 0.6) is 0 Å². The number of carbonyl (C=O) groups excluding carboxylic acids is 2. The van der Waals surface area contributed by atoms with Gasteiger partial charge in [-0.15, -0.1) is 0 Å². The molecule has 0 aliphatic carbocycles. The van der Waals surface area contributed by atoms with Gasteiger partial charge in [0.2, 0.25) is 11.7 Å². The molecule has 4 rings (SSSR count). The van der Waals surface area contributed by atoms with E-state index in [0.717, 1.165) is 12.1 Å². The van der Waals surface area contributed by atoms with Gasteiger partial charge in [0.15, 0.2) is 0 Å². The molecule has 0 saturated heterocycles. The van der Waals surface area contributed by atoms with Gasteiger partial charge in [0, 0.05) is 44.5 Å². The van der Waals surface area contributed by atoms with Gasteiger partial charge in [-0.2, -0.15) is 13.8 Å². The molecular weight excluding hydrogens is 508 g/mol. The van der Waals surface area contributed by atoms with Crippen molar-refractivity contribution in [1.29, 1.82) is 0 Å². The number of nitrogens with one attached hydrogen (secondary N) is 2. The molecule has 2 aromatic carbocycles. The number of carbonyl (C=O) groups is 2. The van der Waals surface area contributed by atoms with E-state index in [4.69, 9.17) is 0 Å². The minimum atomic E-state index is -2.86. The number of benzene rings is 2. The Morgan fingerprint density at radius 1 is 1.10 bits per heavy atom. The molecule has 0 spiro atoms. The van der Waals surface area contributed by atoms with Crippen LogP contribution >= 0.6 is 0 Å². The monoisotopic (exact) mass is 541 g/mol. The lowest BCUT2D eigenvalue weighted by molar-refractivity contribution is -0.145. The smallest absolute Gasteiger partial charge is 0.315 e. The fraction of sp³-hybridized carbons (Fsp3) is 0.407. The van der Waals surface area contributed by atoms with E-state index in [9.17, 15) is 18.4 Å². The van der Waals surface area contributed by atoms with Crippen molar-refractivity contribution < 1.29 is 22.9 Å². The van der Waals surface area contributed by atoms with Crippen molar-refractivity contribution in [3.8, 4) is 11.4 Å². The zero-order valence-corrected chi connectivity index (χ0v) is 22.3. The summed E-state index contributed by atoms with van der Waals surface area (Å²) in [4.78, 5) is 31.7. The lowest BCUT2D eigenvalue weighted by atomic mass is 10.1. The highest BCUT2D eigenvalue weighted by Gasteiger charge is 2.27. The average Bonchev–Trinajstić information content (AvgIpc) is 3.58. The van der Waals surface area contributed by atoms with Crippen LogP contribution in [-0.2, 0) is 22.7 Å². The first-order chi connectivity index (χ1) is 18.8. The number of aryl methyl sites for hydroxylation is 1. The van der Waals surface area contributed by atoms with Crippen molar-refractivity contribution >= 4 is 17.5 Å². The van der Waals surface area contributed by atoms with E-state index in [-0.39, 0.29) is 30.7 Å². The molecule has 2 N–H and O–H groups in total. The Balaban J connectivity index is 1.51. The molecule has 208 valence electrons. The summed E-state index contributed by atoms with van der Waals surface area (Å²) in [6.07, 6.45) is -2.86. The SMILES string of the molecule is CCNCCNC(=O)CN(CC(=O)N(C)N1Cc2ccccc2C1)c1ccc(-c2noc(C(F)F)n2)cc1C. The number of amides is 2. The van der Waals surface area contributed by atoms with E-state index < -0.39 is 12.3 Å². The first-order valence-electron chi connectivity index (χ1n) is 12.8. The van der Waals surface area contributed by atoms with Gasteiger partial charge in [-0.25, -0.2) is 5.01 Å². The van der Waals surface area contributed by atoms with Crippen LogP contribution in [0, 0.1) is 6.92 Å². The minimum Gasteiger partial charge on any atom is -0.353 e. The van der Waals surface area contributed by atoms with E-state index in [0.29, 0.717) is 37.4 Å². The zero-order chi connectivity index (χ0) is 27.9. The lowest BCUT2D eigenvalue weighted by Gasteiger charge is -2.32. The van der Waals surface area contributed by atoms with Crippen molar-refractivity contribution in [1.82, 2.24) is 30.8 Å². The van der Waals surface area contributed by atoms with Gasteiger partial charge >= 0.3 is 6.43 Å². The average molecular weight is 542 g/mol. The molecule has 0 bridgehead atoms. The van der Waals surface area contributed by atoms with Gasteiger partial charge in [-0.3, -0.25) is 14.6 Å². The summed E-state index contributed by atoms with van der Waals surface area (Å²) in [7, 11) is 1.73. The van der Waals surface area contributed by atoms with E-state index >= 15 is 0 Å². The topological polar surface area (TPSA) is 107 Å². The fourth-order valence-corrected chi connectivity index (χ4v) is 4.46. The van der Waals surface area contributed by atoms with Gasteiger partial charge in [-0.05, 0) is 48.4 Å². The standard InChI is InChI=1S/C27H33F2N7O3/c1-4-30-11-12-31-23(37)16-35(17-24(38)34(3)36-14-20-7-5-6-8-21(20)15-36)22-10-9-19(13-18(22)2)26-32-27(25(28)29)39-33-26/h5-10,13,25,30H,4,11-12,14-17H2,1-3H3,(H,31,37). The van der Waals surface area contributed by atoms with Gasteiger partial charge in [-0.1, -0.05) is 36.3 Å². The summed E-state index contributed by atoms with van der Waals surface area (Å²) in [6.45, 7) is 6.87. The van der Waals surface area contributed by atoms with Crippen LogP contribution in [0.15, 0.2) is 47.0 Å². The Labute approximate surface area is 225 Å². The van der Waals surface area contributed by atoms with Gasteiger partial charge in [0.1, 0.15) is 0 Å². The molecule has 3 aromatic rings. The van der Waals surface area contributed by atoms with Crippen LogP contribution in [0.25, 0.3) is 11.4 Å². The molecule has 0 unspecified atom stereocenters. The van der Waals surface area contributed by atoms with Gasteiger partial charge in [0.05, 0.1) is 13.1 Å². The van der Waals surface area contributed by atoms with Crippen LogP contribution < -0.4 is 15.5 Å². The molecule has 1 aromatic heterocycles. The fourth-order valence-electron chi connectivity index (χ4n) is 4.46. The quantitative estimate of drug-likeness (QED) is 0.337. The maximum atomic E-state index is 13.4. The third kappa shape index (κ3) is 6.95. The van der Waals surface area contributed by atoms with Crippen molar-refractivity contribution in [2.45, 2.75) is 33.4 Å². The van der Waals surface area contributed by atoms with Crippen molar-refractivity contribution in [3.05, 3.63) is 65.0 Å². The second kappa shape index (κ2) is 12.8. The highest BCUT2D eigenvalue weighted by molar-refractivity contribution is 5.87. The van der Waals surface area contributed by atoms with E-state index in [2.05, 4.69) is 37.4 Å². The lowest BCUT2D eigenvalue weighted by Crippen LogP contribution is -2.48. The highest BCUT2D eigenvalue weighted by atomic mass is 19.3. The molecule has 39 heavy (non-hydrogen) atoms. The normalized spacial score (nSPS) is 13.0. The van der Waals surface area contributed by atoms with Crippen molar-refractivity contribution in [2.24, 2.45) is 0 Å². The number of likely N-dealkylation sites (N-methyl/N-ethyl adjacent to an activating group) is 2. The molecule has 1 aliphatic rings. The summed E-state index contributed by atoms with van der Waals surface area (Å²) < 4.78 is 30.4. The second-order valence-electron chi connectivity index (χ2n) is 9.33. The van der Waals surface area contributed by atoms with Crippen LogP contribution in [0.1, 0.15) is 35.9 Å². The highest BCUT2D eigenvalue weighted by Crippen LogP contribution is 2.28. The molecule has 12 heteroatoms. The summed E-state index contributed by atoms with van der Waals surface area (Å²) in [5, 5.41) is 13.2. The zero-order valence-electron chi connectivity index (χ0n) is 22.3. The van der Waals surface area contributed by atoms with Crippen LogP contribution in [0.3, 0.4) is 0 Å². The first kappa shape index (κ1) is 28.1. The molecule has 0 radical (unpaired) electrons. The Hall–Kier alpha value is -3.90. The second-order valence-corrected chi connectivity index (χ2v) is 9.33. The molecule has 2 heterocycles. The predicted molar refractivity (Wildman–Crippen MR) is 142 cm³/mol. The van der Waals surface area contributed by atoms with Crippen LogP contribution in [0.4, 0.5) is 14.5 Å². The molecule has 0 atom stereocenters. The number of hydrazine groups is 1. The molecule has 1 aliphatic heterocycles. The van der Waals surface area contributed by atoms with E-state index in [1.807, 2.05) is 31.0 Å². The number of aromatic nitrogens is 2. The van der Waals surface area contributed by atoms with E-state index in [1.165, 1.54) is 11.1 Å². The van der Waals surface area contributed by atoms with E-state index in [1.54, 1.807) is 35.2 Å². The number of alkyl halides is 2. The molecule has 0 fully saturated rings. The van der Waals surface area contributed by atoms with Crippen molar-refractivity contribution in [2.75, 3.05) is 44.7 Å².